The molecule has 1 unspecified atom stereocenters. The lowest BCUT2D eigenvalue weighted by Gasteiger charge is -2.24. The summed E-state index contributed by atoms with van der Waals surface area (Å²) >= 11 is 0. The molecule has 0 aliphatic heterocycles. The Balaban J connectivity index is 1.63. The van der Waals surface area contributed by atoms with Crippen LogP contribution in [-0.4, -0.2) is 37.1 Å². The fraction of sp³-hybridized carbons (Fsp3) is 1.00. The van der Waals surface area contributed by atoms with E-state index in [1.807, 2.05) is 0 Å². The van der Waals surface area contributed by atoms with Gasteiger partial charge in [-0.2, -0.15) is 0 Å². The molecule has 2 aliphatic carbocycles. The monoisotopic (exact) mass is 224 g/mol. The quantitative estimate of drug-likeness (QED) is 0.647. The predicted octanol–water partition coefficient (Wildman–Crippen LogP) is 2.50. The van der Waals surface area contributed by atoms with Gasteiger partial charge in [-0.1, -0.05) is 6.92 Å². The minimum atomic E-state index is 0.686. The minimum Gasteiger partial charge on any atom is -0.314 e. The van der Waals surface area contributed by atoms with Gasteiger partial charge in [0.15, 0.2) is 0 Å². The Morgan fingerprint density at radius 3 is 2.12 bits per heavy atom. The van der Waals surface area contributed by atoms with Crippen LogP contribution in [0.15, 0.2) is 0 Å². The number of nitrogens with one attached hydrogen (secondary N) is 1. The van der Waals surface area contributed by atoms with E-state index in [1.54, 1.807) is 0 Å². The largest absolute Gasteiger partial charge is 0.314 e. The third kappa shape index (κ3) is 4.84. The smallest absolute Gasteiger partial charge is 0.00507 e. The Bertz CT molecular complexity index is 183. The van der Waals surface area contributed by atoms with Gasteiger partial charge in [-0.25, -0.2) is 0 Å². The molecule has 94 valence electrons. The van der Waals surface area contributed by atoms with Crippen molar-refractivity contribution in [2.24, 2.45) is 11.8 Å². The van der Waals surface area contributed by atoms with Gasteiger partial charge in [0.1, 0.15) is 0 Å². The number of nitrogens with zero attached hydrogens (tertiary/aromatic N) is 1. The second-order valence-corrected chi connectivity index (χ2v) is 5.89. The van der Waals surface area contributed by atoms with E-state index in [9.17, 15) is 0 Å². The van der Waals surface area contributed by atoms with Gasteiger partial charge in [0, 0.05) is 19.1 Å². The van der Waals surface area contributed by atoms with Gasteiger partial charge in [0.2, 0.25) is 0 Å². The van der Waals surface area contributed by atoms with Crippen molar-refractivity contribution in [2.75, 3.05) is 26.2 Å². The summed E-state index contributed by atoms with van der Waals surface area (Å²) in [4.78, 5) is 2.74. The Labute approximate surface area is 101 Å². The zero-order valence-electron chi connectivity index (χ0n) is 11.0. The van der Waals surface area contributed by atoms with Crippen molar-refractivity contribution in [3.05, 3.63) is 0 Å². The Hall–Kier alpha value is -0.0800. The van der Waals surface area contributed by atoms with E-state index in [1.165, 1.54) is 51.7 Å². The molecule has 2 rings (SSSR count). The maximum atomic E-state index is 3.51. The highest BCUT2D eigenvalue weighted by molar-refractivity contribution is 4.82. The van der Waals surface area contributed by atoms with Gasteiger partial charge in [-0.3, -0.25) is 0 Å². The highest BCUT2D eigenvalue weighted by atomic mass is 15.1. The third-order valence-corrected chi connectivity index (χ3v) is 3.86. The fourth-order valence-corrected chi connectivity index (χ4v) is 2.42. The van der Waals surface area contributed by atoms with Crippen LogP contribution in [0.4, 0.5) is 0 Å². The lowest BCUT2D eigenvalue weighted by Crippen LogP contribution is -2.34. The van der Waals surface area contributed by atoms with E-state index in [-0.39, 0.29) is 0 Å². The molecule has 1 atom stereocenters. The average Bonchev–Trinajstić information content (AvgIpc) is 3.09. The molecular formula is C14H28N2. The first-order chi connectivity index (χ1) is 7.78. The topological polar surface area (TPSA) is 15.3 Å². The Morgan fingerprint density at radius 2 is 1.69 bits per heavy atom. The molecule has 0 spiro atoms. The zero-order valence-corrected chi connectivity index (χ0v) is 11.0. The van der Waals surface area contributed by atoms with E-state index in [2.05, 4.69) is 24.1 Å². The molecule has 16 heavy (non-hydrogen) atoms. The maximum Gasteiger partial charge on any atom is 0.00507 e. The molecule has 0 bridgehead atoms. The van der Waals surface area contributed by atoms with E-state index >= 15 is 0 Å². The Morgan fingerprint density at radius 1 is 1.12 bits per heavy atom. The lowest BCUT2D eigenvalue weighted by molar-refractivity contribution is 0.240. The molecular weight excluding hydrogens is 196 g/mol. The first kappa shape index (κ1) is 12.4. The van der Waals surface area contributed by atoms with E-state index < -0.39 is 0 Å². The zero-order chi connectivity index (χ0) is 11.4. The average molecular weight is 224 g/mol. The summed E-state index contributed by atoms with van der Waals surface area (Å²) in [6.45, 7) is 9.69. The molecule has 2 saturated carbocycles. The second-order valence-electron chi connectivity index (χ2n) is 5.89. The van der Waals surface area contributed by atoms with Gasteiger partial charge < -0.3 is 10.2 Å². The number of hydrogen-bond acceptors (Lipinski definition) is 2. The van der Waals surface area contributed by atoms with Crippen LogP contribution in [0.5, 0.6) is 0 Å². The van der Waals surface area contributed by atoms with Crippen LogP contribution >= 0.6 is 0 Å². The van der Waals surface area contributed by atoms with Crippen LogP contribution in [-0.2, 0) is 0 Å². The van der Waals surface area contributed by atoms with Crippen molar-refractivity contribution in [1.82, 2.24) is 10.2 Å². The molecule has 0 aromatic heterocycles. The summed E-state index contributed by atoms with van der Waals surface area (Å²) in [7, 11) is 0. The van der Waals surface area contributed by atoms with Crippen LogP contribution in [0.25, 0.3) is 0 Å². The standard InChI is InChI=1S/C14H28N2/c1-3-15-12(2)8-9-16(10-13-4-5-13)11-14-6-7-14/h12-15H,3-11H2,1-2H3. The highest BCUT2D eigenvalue weighted by Gasteiger charge is 2.28. The van der Waals surface area contributed by atoms with Crippen LogP contribution in [0.2, 0.25) is 0 Å². The first-order valence-corrected chi connectivity index (χ1v) is 7.23. The molecule has 2 fully saturated rings. The molecule has 0 radical (unpaired) electrons. The van der Waals surface area contributed by atoms with Crippen molar-refractivity contribution in [3.63, 3.8) is 0 Å². The summed E-state index contributed by atoms with van der Waals surface area (Å²) in [6, 6.07) is 0.686. The predicted molar refractivity (Wildman–Crippen MR) is 69.6 cm³/mol. The van der Waals surface area contributed by atoms with Gasteiger partial charge >= 0.3 is 0 Å². The van der Waals surface area contributed by atoms with E-state index in [4.69, 9.17) is 0 Å². The first-order valence-electron chi connectivity index (χ1n) is 7.23. The van der Waals surface area contributed by atoms with Crippen LogP contribution in [0.1, 0.15) is 46.0 Å². The van der Waals surface area contributed by atoms with Crippen LogP contribution < -0.4 is 5.32 Å². The summed E-state index contributed by atoms with van der Waals surface area (Å²) in [5.41, 5.74) is 0. The minimum absolute atomic E-state index is 0.686. The van der Waals surface area contributed by atoms with Gasteiger partial charge in [-0.05, 0) is 64.0 Å². The molecule has 0 saturated heterocycles. The van der Waals surface area contributed by atoms with Crippen LogP contribution in [0.3, 0.4) is 0 Å². The van der Waals surface area contributed by atoms with Gasteiger partial charge in [0.05, 0.1) is 0 Å². The van der Waals surface area contributed by atoms with Crippen molar-refractivity contribution < 1.29 is 0 Å². The number of hydrogen-bond donors (Lipinski definition) is 1. The SMILES string of the molecule is CCNC(C)CCN(CC1CC1)CC1CC1. The molecule has 0 heterocycles. The molecule has 2 nitrogen and oxygen atoms in total. The van der Waals surface area contributed by atoms with Crippen molar-refractivity contribution in [3.8, 4) is 0 Å². The second kappa shape index (κ2) is 6.02. The highest BCUT2D eigenvalue weighted by Crippen LogP contribution is 2.33. The van der Waals surface area contributed by atoms with Crippen LogP contribution in [0, 0.1) is 11.8 Å². The van der Waals surface area contributed by atoms with Crippen molar-refractivity contribution in [2.45, 2.75) is 52.0 Å². The summed E-state index contributed by atoms with van der Waals surface area (Å²) in [5, 5.41) is 3.51. The van der Waals surface area contributed by atoms with Gasteiger partial charge in [-0.15, -0.1) is 0 Å². The van der Waals surface area contributed by atoms with E-state index in [0.717, 1.165) is 18.4 Å². The number of rotatable bonds is 9. The van der Waals surface area contributed by atoms with E-state index in [0.29, 0.717) is 6.04 Å². The van der Waals surface area contributed by atoms with Crippen molar-refractivity contribution >= 4 is 0 Å². The Kier molecular flexibility index (Phi) is 4.66. The summed E-state index contributed by atoms with van der Waals surface area (Å²) in [5.74, 6) is 2.10. The summed E-state index contributed by atoms with van der Waals surface area (Å²) < 4.78 is 0. The summed E-state index contributed by atoms with van der Waals surface area (Å²) in [6.07, 6.45) is 7.27. The fourth-order valence-electron chi connectivity index (χ4n) is 2.42. The molecule has 2 aliphatic rings. The lowest BCUT2D eigenvalue weighted by atomic mass is 10.2. The van der Waals surface area contributed by atoms with Gasteiger partial charge in [0.25, 0.3) is 0 Å². The maximum absolute atomic E-state index is 3.51. The molecule has 0 aromatic rings. The molecule has 0 aromatic carbocycles. The third-order valence-electron chi connectivity index (χ3n) is 3.86. The molecule has 0 amide bonds. The molecule has 1 N–H and O–H groups in total. The molecule has 2 heteroatoms. The van der Waals surface area contributed by atoms with Crippen molar-refractivity contribution in [1.29, 1.82) is 0 Å². The normalized spacial score (nSPS) is 22.7.